The van der Waals surface area contributed by atoms with Gasteiger partial charge in [0.2, 0.25) is 0 Å². The number of methoxy groups -OCH3 is 1. The molecule has 2 aliphatic heterocycles. The number of benzene rings is 2. The number of carbonyl (C=O) groups is 1. The van der Waals surface area contributed by atoms with Gasteiger partial charge in [-0.1, -0.05) is 12.1 Å². The second-order valence-corrected chi connectivity index (χ2v) is 6.90. The number of ether oxygens (including phenoxy) is 1. The molecule has 1 fully saturated rings. The summed E-state index contributed by atoms with van der Waals surface area (Å²) in [6.07, 6.45) is 2.31. The molecule has 4 heteroatoms. The summed E-state index contributed by atoms with van der Waals surface area (Å²) < 4.78 is 5.29. The van der Waals surface area contributed by atoms with Crippen LogP contribution in [-0.2, 0) is 6.42 Å². The van der Waals surface area contributed by atoms with Crippen LogP contribution in [0.5, 0.6) is 5.75 Å². The zero-order valence-electron chi connectivity index (χ0n) is 14.8. The van der Waals surface area contributed by atoms with Crippen molar-refractivity contribution in [1.82, 2.24) is 5.32 Å². The summed E-state index contributed by atoms with van der Waals surface area (Å²) in [6.45, 7) is 4.78. The molecule has 4 nitrogen and oxygen atoms in total. The molecule has 2 aromatic rings. The summed E-state index contributed by atoms with van der Waals surface area (Å²) in [5.41, 5.74) is 5.55. The van der Waals surface area contributed by atoms with E-state index in [4.69, 9.17) is 4.74 Å². The summed E-state index contributed by atoms with van der Waals surface area (Å²) in [4.78, 5) is 14.7. The Morgan fingerprint density at radius 3 is 2.88 bits per heavy atom. The van der Waals surface area contributed by atoms with Gasteiger partial charge in [0.1, 0.15) is 5.75 Å². The van der Waals surface area contributed by atoms with E-state index in [0.717, 1.165) is 37.2 Å². The summed E-state index contributed by atoms with van der Waals surface area (Å²) >= 11 is 0. The molecule has 0 radical (unpaired) electrons. The lowest BCUT2D eigenvalue weighted by Gasteiger charge is -2.25. The molecule has 25 heavy (non-hydrogen) atoms. The molecule has 0 amide bonds. The predicted molar refractivity (Wildman–Crippen MR) is 101 cm³/mol. The van der Waals surface area contributed by atoms with E-state index in [2.05, 4.69) is 28.4 Å². The van der Waals surface area contributed by atoms with Crippen LogP contribution in [0.2, 0.25) is 0 Å². The second-order valence-electron chi connectivity index (χ2n) is 6.90. The zero-order valence-corrected chi connectivity index (χ0v) is 14.8. The van der Waals surface area contributed by atoms with Gasteiger partial charge in [-0.05, 0) is 67.3 Å². The van der Waals surface area contributed by atoms with Gasteiger partial charge in [-0.3, -0.25) is 4.79 Å². The van der Waals surface area contributed by atoms with Gasteiger partial charge in [-0.15, -0.1) is 0 Å². The SMILES string of the molecule is COc1ccc(-c2ccc3c(c2)N2CCNCCC2C3)c(C(C)=O)c1. The van der Waals surface area contributed by atoms with Crippen LogP contribution in [0.4, 0.5) is 5.69 Å². The molecule has 2 aliphatic rings. The lowest BCUT2D eigenvalue weighted by atomic mass is 9.95. The lowest BCUT2D eigenvalue weighted by molar-refractivity contribution is 0.101. The van der Waals surface area contributed by atoms with Crippen molar-refractivity contribution in [2.45, 2.75) is 25.8 Å². The van der Waals surface area contributed by atoms with Crippen molar-refractivity contribution in [2.24, 2.45) is 0 Å². The summed E-state index contributed by atoms with van der Waals surface area (Å²) in [5.74, 6) is 0.778. The number of fused-ring (bicyclic) bond motifs is 3. The topological polar surface area (TPSA) is 41.6 Å². The molecule has 0 bridgehead atoms. The molecule has 1 unspecified atom stereocenters. The Labute approximate surface area is 148 Å². The van der Waals surface area contributed by atoms with Crippen LogP contribution >= 0.6 is 0 Å². The fourth-order valence-electron chi connectivity index (χ4n) is 4.08. The quantitative estimate of drug-likeness (QED) is 0.874. The molecule has 0 saturated carbocycles. The number of ketones is 1. The molecular formula is C21H24N2O2. The Hall–Kier alpha value is -2.33. The fraction of sp³-hybridized carbons (Fsp3) is 0.381. The lowest BCUT2D eigenvalue weighted by Crippen LogP contribution is -2.32. The molecule has 0 aromatic heterocycles. The van der Waals surface area contributed by atoms with E-state index in [0.29, 0.717) is 17.4 Å². The maximum atomic E-state index is 12.1. The van der Waals surface area contributed by atoms with Crippen molar-refractivity contribution in [1.29, 1.82) is 0 Å². The normalized spacial score (nSPS) is 19.1. The molecule has 1 N–H and O–H groups in total. The van der Waals surface area contributed by atoms with Crippen LogP contribution in [0.1, 0.15) is 29.3 Å². The van der Waals surface area contributed by atoms with Crippen LogP contribution in [0.15, 0.2) is 36.4 Å². The highest BCUT2D eigenvalue weighted by Gasteiger charge is 2.30. The minimum Gasteiger partial charge on any atom is -0.497 e. The number of anilines is 1. The first-order chi connectivity index (χ1) is 12.2. The number of hydrogen-bond donors (Lipinski definition) is 1. The van der Waals surface area contributed by atoms with E-state index in [1.165, 1.54) is 17.7 Å². The minimum atomic E-state index is 0.0613. The molecule has 130 valence electrons. The van der Waals surface area contributed by atoms with Gasteiger partial charge >= 0.3 is 0 Å². The third-order valence-corrected chi connectivity index (χ3v) is 5.39. The highest BCUT2D eigenvalue weighted by atomic mass is 16.5. The van der Waals surface area contributed by atoms with Crippen molar-refractivity contribution in [2.75, 3.05) is 31.6 Å². The van der Waals surface area contributed by atoms with Gasteiger partial charge < -0.3 is 15.0 Å². The summed E-state index contributed by atoms with van der Waals surface area (Å²) in [6, 6.07) is 13.0. The number of nitrogens with one attached hydrogen (secondary N) is 1. The molecule has 2 aromatic carbocycles. The maximum absolute atomic E-state index is 12.1. The number of carbonyl (C=O) groups excluding carboxylic acids is 1. The molecule has 0 spiro atoms. The Kier molecular flexibility index (Phi) is 4.22. The first kappa shape index (κ1) is 16.2. The highest BCUT2D eigenvalue weighted by molar-refractivity contribution is 6.01. The highest BCUT2D eigenvalue weighted by Crippen LogP contribution is 2.38. The Morgan fingerprint density at radius 1 is 1.20 bits per heavy atom. The molecule has 1 saturated heterocycles. The van der Waals surface area contributed by atoms with Gasteiger partial charge in [0.15, 0.2) is 5.78 Å². The van der Waals surface area contributed by atoms with E-state index in [-0.39, 0.29) is 5.78 Å². The average molecular weight is 336 g/mol. The van der Waals surface area contributed by atoms with Crippen LogP contribution in [0.25, 0.3) is 11.1 Å². The molecular weight excluding hydrogens is 312 g/mol. The first-order valence-electron chi connectivity index (χ1n) is 8.97. The average Bonchev–Trinajstić information content (AvgIpc) is 2.81. The Morgan fingerprint density at radius 2 is 2.08 bits per heavy atom. The molecule has 0 aliphatic carbocycles. The van der Waals surface area contributed by atoms with Gasteiger partial charge in [0.05, 0.1) is 7.11 Å². The van der Waals surface area contributed by atoms with E-state index >= 15 is 0 Å². The van der Waals surface area contributed by atoms with E-state index in [1.54, 1.807) is 14.0 Å². The van der Waals surface area contributed by atoms with Gasteiger partial charge in [0, 0.05) is 30.4 Å². The molecule has 1 atom stereocenters. The van der Waals surface area contributed by atoms with E-state index in [1.807, 2.05) is 18.2 Å². The van der Waals surface area contributed by atoms with Gasteiger partial charge in [0.25, 0.3) is 0 Å². The van der Waals surface area contributed by atoms with Crippen LogP contribution in [0.3, 0.4) is 0 Å². The van der Waals surface area contributed by atoms with E-state index in [9.17, 15) is 4.79 Å². The largest absolute Gasteiger partial charge is 0.497 e. The fourth-order valence-corrected chi connectivity index (χ4v) is 4.08. The van der Waals surface area contributed by atoms with Crippen molar-refractivity contribution < 1.29 is 9.53 Å². The number of Topliss-reactive ketones (excluding diaryl/α,β-unsaturated/α-hetero) is 1. The van der Waals surface area contributed by atoms with Crippen LogP contribution < -0.4 is 15.0 Å². The Bertz CT molecular complexity index is 816. The van der Waals surface area contributed by atoms with Crippen molar-refractivity contribution in [3.05, 3.63) is 47.5 Å². The van der Waals surface area contributed by atoms with Crippen molar-refractivity contribution in [3.63, 3.8) is 0 Å². The summed E-state index contributed by atoms with van der Waals surface area (Å²) in [5, 5.41) is 3.49. The third kappa shape index (κ3) is 2.91. The van der Waals surface area contributed by atoms with Crippen molar-refractivity contribution in [3.8, 4) is 16.9 Å². The number of nitrogens with zero attached hydrogens (tertiary/aromatic N) is 1. The second kappa shape index (κ2) is 6.52. The minimum absolute atomic E-state index is 0.0613. The summed E-state index contributed by atoms with van der Waals surface area (Å²) in [7, 11) is 1.63. The first-order valence-corrected chi connectivity index (χ1v) is 8.97. The van der Waals surface area contributed by atoms with Crippen molar-refractivity contribution >= 4 is 11.5 Å². The van der Waals surface area contributed by atoms with Gasteiger partial charge in [-0.25, -0.2) is 0 Å². The van der Waals surface area contributed by atoms with Crippen LogP contribution in [-0.4, -0.2) is 38.6 Å². The molecule has 4 rings (SSSR count). The Balaban J connectivity index is 1.76. The van der Waals surface area contributed by atoms with Crippen LogP contribution in [0, 0.1) is 0 Å². The smallest absolute Gasteiger partial charge is 0.160 e. The van der Waals surface area contributed by atoms with E-state index < -0.39 is 0 Å². The number of rotatable bonds is 3. The number of hydrogen-bond acceptors (Lipinski definition) is 4. The molecule has 2 heterocycles. The van der Waals surface area contributed by atoms with Gasteiger partial charge in [-0.2, -0.15) is 0 Å². The predicted octanol–water partition coefficient (Wildman–Crippen LogP) is 3.29. The zero-order chi connectivity index (χ0) is 17.4. The maximum Gasteiger partial charge on any atom is 0.160 e. The third-order valence-electron chi connectivity index (χ3n) is 5.39. The standard InChI is InChI=1S/C21H24N2O2/c1-14(24)20-13-18(25-2)5-6-19(20)15-3-4-16-11-17-7-8-22-9-10-23(17)21(16)12-15/h3-6,12-13,17,22H,7-11H2,1-2H3. The monoisotopic (exact) mass is 336 g/mol.